The summed E-state index contributed by atoms with van der Waals surface area (Å²) in [4.78, 5) is 21.4. The number of cyclic esters (lactones) is 1. The van der Waals surface area contributed by atoms with E-state index in [1.807, 2.05) is 0 Å². The van der Waals surface area contributed by atoms with E-state index in [0.29, 0.717) is 12.7 Å². The van der Waals surface area contributed by atoms with Gasteiger partial charge in [0, 0.05) is 6.42 Å². The molecule has 1 aliphatic heterocycles. The zero-order chi connectivity index (χ0) is 9.68. The number of esters is 1. The van der Waals surface area contributed by atoms with E-state index in [4.69, 9.17) is 4.74 Å². The van der Waals surface area contributed by atoms with Gasteiger partial charge in [-0.2, -0.15) is 0 Å². The van der Waals surface area contributed by atoms with Crippen LogP contribution >= 0.6 is 0 Å². The van der Waals surface area contributed by atoms with Gasteiger partial charge in [0.05, 0.1) is 0 Å². The molecule has 1 fully saturated rings. The van der Waals surface area contributed by atoms with Gasteiger partial charge in [-0.05, 0) is 12.8 Å². The Morgan fingerprint density at radius 2 is 2.31 bits per heavy atom. The first-order chi connectivity index (χ1) is 6.27. The van der Waals surface area contributed by atoms with E-state index in [-0.39, 0.29) is 12.1 Å². The largest absolute Gasteiger partial charge is 0.462 e. The zero-order valence-corrected chi connectivity index (χ0v) is 7.99. The summed E-state index contributed by atoms with van der Waals surface area (Å²) in [5.74, 6) is -0.830. The Morgan fingerprint density at radius 1 is 1.54 bits per heavy atom. The van der Waals surface area contributed by atoms with E-state index in [2.05, 4.69) is 6.92 Å². The Morgan fingerprint density at radius 3 is 2.85 bits per heavy atom. The molecule has 0 N–H and O–H groups in total. The number of carbonyl (C=O) groups is 2. The summed E-state index contributed by atoms with van der Waals surface area (Å²) >= 11 is 0. The molecule has 0 saturated carbocycles. The fraction of sp³-hybridized carbons (Fsp3) is 0.800. The highest BCUT2D eigenvalue weighted by Gasteiger charge is 2.33. The second kappa shape index (κ2) is 5.00. The van der Waals surface area contributed by atoms with Crippen LogP contribution in [0.2, 0.25) is 0 Å². The fourth-order valence-electron chi connectivity index (χ4n) is 1.59. The lowest BCUT2D eigenvalue weighted by Gasteiger charge is -2.06. The number of aldehydes is 1. The molecule has 74 valence electrons. The molecule has 0 aromatic heterocycles. The number of unbranched alkanes of at least 4 members (excludes halogenated alkanes) is 2. The third-order valence-corrected chi connectivity index (χ3v) is 2.40. The van der Waals surface area contributed by atoms with Crippen LogP contribution in [0.1, 0.15) is 39.0 Å². The van der Waals surface area contributed by atoms with Gasteiger partial charge in [0.25, 0.3) is 0 Å². The van der Waals surface area contributed by atoms with Gasteiger partial charge in [0.2, 0.25) is 0 Å². The lowest BCUT2D eigenvalue weighted by Crippen LogP contribution is -2.08. The summed E-state index contributed by atoms with van der Waals surface area (Å²) in [6.07, 6.45) is 5.60. The normalized spacial score (nSPS) is 27.3. The van der Waals surface area contributed by atoms with Crippen molar-refractivity contribution in [1.82, 2.24) is 0 Å². The van der Waals surface area contributed by atoms with Gasteiger partial charge in [-0.1, -0.05) is 19.8 Å². The molecule has 1 rings (SSSR count). The van der Waals surface area contributed by atoms with Crippen LogP contribution in [0.4, 0.5) is 0 Å². The van der Waals surface area contributed by atoms with Crippen molar-refractivity contribution in [3.8, 4) is 0 Å². The molecule has 3 nitrogen and oxygen atoms in total. The minimum Gasteiger partial charge on any atom is -0.462 e. The number of carbonyl (C=O) groups excluding carboxylic acids is 2. The van der Waals surface area contributed by atoms with Gasteiger partial charge in [-0.15, -0.1) is 0 Å². The van der Waals surface area contributed by atoms with E-state index in [1.54, 1.807) is 0 Å². The molecule has 1 aliphatic rings. The van der Waals surface area contributed by atoms with Gasteiger partial charge in [0.15, 0.2) is 0 Å². The van der Waals surface area contributed by atoms with E-state index >= 15 is 0 Å². The highest BCUT2D eigenvalue weighted by molar-refractivity contribution is 5.89. The van der Waals surface area contributed by atoms with Crippen LogP contribution in [0.3, 0.4) is 0 Å². The van der Waals surface area contributed by atoms with E-state index in [0.717, 1.165) is 19.3 Å². The predicted molar refractivity (Wildman–Crippen MR) is 48.2 cm³/mol. The van der Waals surface area contributed by atoms with Crippen LogP contribution in [0.25, 0.3) is 0 Å². The van der Waals surface area contributed by atoms with Gasteiger partial charge in [0.1, 0.15) is 18.3 Å². The maximum absolute atomic E-state index is 11.0. The second-order valence-electron chi connectivity index (χ2n) is 3.53. The zero-order valence-electron chi connectivity index (χ0n) is 7.99. The van der Waals surface area contributed by atoms with Crippen LogP contribution < -0.4 is 0 Å². The van der Waals surface area contributed by atoms with Crippen LogP contribution in [0.5, 0.6) is 0 Å². The standard InChI is InChI=1S/C10H16O3/c1-2-3-4-5-9-6-8(7-11)10(12)13-9/h7-9H,2-6H2,1H3. The molecule has 1 saturated heterocycles. The molecule has 3 heteroatoms. The SMILES string of the molecule is CCCCCC1CC(C=O)C(=O)O1. The minimum atomic E-state index is -0.494. The summed E-state index contributed by atoms with van der Waals surface area (Å²) in [6.45, 7) is 2.13. The van der Waals surface area contributed by atoms with Crippen LogP contribution in [-0.4, -0.2) is 18.4 Å². The first-order valence-corrected chi connectivity index (χ1v) is 4.93. The summed E-state index contributed by atoms with van der Waals surface area (Å²) < 4.78 is 5.04. The van der Waals surface area contributed by atoms with Crippen molar-refractivity contribution in [2.45, 2.75) is 45.1 Å². The molecule has 0 aliphatic carbocycles. The topological polar surface area (TPSA) is 43.4 Å². The lowest BCUT2D eigenvalue weighted by molar-refractivity contribution is -0.145. The summed E-state index contributed by atoms with van der Waals surface area (Å²) in [7, 11) is 0. The molecule has 0 amide bonds. The maximum atomic E-state index is 11.0. The number of rotatable bonds is 5. The van der Waals surface area contributed by atoms with E-state index in [1.165, 1.54) is 6.42 Å². The molecular formula is C10H16O3. The van der Waals surface area contributed by atoms with Crippen LogP contribution in [0.15, 0.2) is 0 Å². The number of hydrogen-bond donors (Lipinski definition) is 0. The Hall–Kier alpha value is -0.860. The predicted octanol–water partition coefficient (Wildman–Crippen LogP) is 1.70. The van der Waals surface area contributed by atoms with Gasteiger partial charge in [-0.3, -0.25) is 4.79 Å². The molecule has 13 heavy (non-hydrogen) atoms. The molecule has 2 unspecified atom stereocenters. The number of hydrogen-bond acceptors (Lipinski definition) is 3. The molecule has 0 aromatic carbocycles. The molecule has 2 atom stereocenters. The Bertz CT molecular complexity index is 189. The van der Waals surface area contributed by atoms with Crippen molar-refractivity contribution < 1.29 is 14.3 Å². The summed E-state index contributed by atoms with van der Waals surface area (Å²) in [6, 6.07) is 0. The smallest absolute Gasteiger partial charge is 0.316 e. The minimum absolute atomic E-state index is 0.00532. The first-order valence-electron chi connectivity index (χ1n) is 4.93. The summed E-state index contributed by atoms with van der Waals surface area (Å²) in [5, 5.41) is 0. The van der Waals surface area contributed by atoms with Crippen molar-refractivity contribution in [1.29, 1.82) is 0 Å². The fourth-order valence-corrected chi connectivity index (χ4v) is 1.59. The molecular weight excluding hydrogens is 168 g/mol. The highest BCUT2D eigenvalue weighted by atomic mass is 16.6. The van der Waals surface area contributed by atoms with Crippen molar-refractivity contribution in [2.75, 3.05) is 0 Å². The molecule has 0 bridgehead atoms. The van der Waals surface area contributed by atoms with Crippen molar-refractivity contribution in [3.63, 3.8) is 0 Å². The number of ether oxygens (including phenoxy) is 1. The van der Waals surface area contributed by atoms with Crippen molar-refractivity contribution in [3.05, 3.63) is 0 Å². The molecule has 0 radical (unpaired) electrons. The van der Waals surface area contributed by atoms with Crippen molar-refractivity contribution in [2.24, 2.45) is 5.92 Å². The van der Waals surface area contributed by atoms with Gasteiger partial charge < -0.3 is 9.53 Å². The third kappa shape index (κ3) is 2.83. The Labute approximate surface area is 78.5 Å². The Balaban J connectivity index is 2.23. The van der Waals surface area contributed by atoms with Crippen molar-refractivity contribution >= 4 is 12.3 Å². The third-order valence-electron chi connectivity index (χ3n) is 2.40. The lowest BCUT2D eigenvalue weighted by atomic mass is 10.0. The maximum Gasteiger partial charge on any atom is 0.316 e. The molecule has 0 spiro atoms. The first kappa shape index (κ1) is 10.2. The van der Waals surface area contributed by atoms with Gasteiger partial charge >= 0.3 is 5.97 Å². The van der Waals surface area contributed by atoms with Gasteiger partial charge in [-0.25, -0.2) is 0 Å². The highest BCUT2D eigenvalue weighted by Crippen LogP contribution is 2.23. The molecule has 0 aromatic rings. The average Bonchev–Trinajstić information content (AvgIpc) is 2.47. The Kier molecular flexibility index (Phi) is 3.93. The van der Waals surface area contributed by atoms with Crippen LogP contribution in [-0.2, 0) is 14.3 Å². The monoisotopic (exact) mass is 184 g/mol. The second-order valence-corrected chi connectivity index (χ2v) is 3.53. The summed E-state index contributed by atoms with van der Waals surface area (Å²) in [5.41, 5.74) is 0. The van der Waals surface area contributed by atoms with E-state index < -0.39 is 5.92 Å². The molecule has 1 heterocycles. The van der Waals surface area contributed by atoms with E-state index in [9.17, 15) is 9.59 Å². The van der Waals surface area contributed by atoms with Crippen LogP contribution in [0, 0.1) is 5.92 Å². The average molecular weight is 184 g/mol. The quantitative estimate of drug-likeness (QED) is 0.283.